The van der Waals surface area contributed by atoms with E-state index >= 15 is 0 Å². The van der Waals surface area contributed by atoms with Crippen LogP contribution in [0.3, 0.4) is 0 Å². The number of carbonyl (C=O) groups is 2. The second kappa shape index (κ2) is 10.4. The minimum absolute atomic E-state index is 0.179. The summed E-state index contributed by atoms with van der Waals surface area (Å²) in [6.07, 6.45) is 0. The first-order valence-corrected chi connectivity index (χ1v) is 11.5. The zero-order valence-electron chi connectivity index (χ0n) is 20.3. The molecule has 0 radical (unpaired) electrons. The minimum Gasteiger partial charge on any atom is -0.493 e. The molecule has 1 aliphatic heterocycles. The standard InChI is InChI=1S/C28H24N2O7/c1-33-23-10-8-18(12-25(23)34-2)22-13-20(19-5-3-4-6-21(19)30-22)28(32)35-15-27(31)29-14-17-7-9-24-26(11-17)37-16-36-24/h3-13H,14-16H2,1-2H3,(H,29,31). The van der Waals surface area contributed by atoms with Crippen molar-refractivity contribution in [1.82, 2.24) is 10.3 Å². The van der Waals surface area contributed by atoms with Crippen LogP contribution in [0.25, 0.3) is 22.2 Å². The zero-order valence-corrected chi connectivity index (χ0v) is 20.3. The predicted molar refractivity (Wildman–Crippen MR) is 135 cm³/mol. The number of pyridine rings is 1. The Bertz CT molecular complexity index is 1490. The molecule has 0 atom stereocenters. The SMILES string of the molecule is COc1ccc(-c2cc(C(=O)OCC(=O)NCc3ccc4c(c3)OCO4)c3ccccc3n2)cc1OC. The fraction of sp³-hybridized carbons (Fsp3) is 0.179. The molecule has 1 aliphatic rings. The summed E-state index contributed by atoms with van der Waals surface area (Å²) in [6, 6.07) is 19.7. The first-order chi connectivity index (χ1) is 18.1. The van der Waals surface area contributed by atoms with Crippen LogP contribution in [-0.4, -0.2) is 44.5 Å². The second-order valence-corrected chi connectivity index (χ2v) is 8.18. The molecule has 0 saturated carbocycles. The van der Waals surface area contributed by atoms with Crippen LogP contribution < -0.4 is 24.3 Å². The average molecular weight is 501 g/mol. The zero-order chi connectivity index (χ0) is 25.8. The lowest BCUT2D eigenvalue weighted by Gasteiger charge is -2.12. The summed E-state index contributed by atoms with van der Waals surface area (Å²) in [5.41, 5.74) is 3.05. The molecule has 1 N–H and O–H groups in total. The number of amides is 1. The highest BCUT2D eigenvalue weighted by Crippen LogP contribution is 2.34. The van der Waals surface area contributed by atoms with Crippen LogP contribution in [-0.2, 0) is 16.1 Å². The monoisotopic (exact) mass is 500 g/mol. The molecule has 0 fully saturated rings. The van der Waals surface area contributed by atoms with Crippen LogP contribution in [0.4, 0.5) is 0 Å². The number of para-hydroxylation sites is 1. The van der Waals surface area contributed by atoms with Crippen molar-refractivity contribution in [3.05, 3.63) is 77.9 Å². The summed E-state index contributed by atoms with van der Waals surface area (Å²) in [6.45, 7) is 0.0128. The Morgan fingerprint density at radius 3 is 2.57 bits per heavy atom. The van der Waals surface area contributed by atoms with Gasteiger partial charge in [-0.2, -0.15) is 0 Å². The number of nitrogens with one attached hydrogen (secondary N) is 1. The van der Waals surface area contributed by atoms with E-state index < -0.39 is 18.5 Å². The second-order valence-electron chi connectivity index (χ2n) is 8.18. The Labute approximate surface area is 212 Å². The van der Waals surface area contributed by atoms with Crippen molar-refractivity contribution < 1.29 is 33.3 Å². The third-order valence-electron chi connectivity index (χ3n) is 5.88. The number of esters is 1. The number of aromatic nitrogens is 1. The third kappa shape index (κ3) is 5.11. The van der Waals surface area contributed by atoms with Gasteiger partial charge in [-0.3, -0.25) is 4.79 Å². The van der Waals surface area contributed by atoms with Crippen LogP contribution in [0.2, 0.25) is 0 Å². The molecule has 1 aromatic heterocycles. The van der Waals surface area contributed by atoms with Gasteiger partial charge in [-0.15, -0.1) is 0 Å². The van der Waals surface area contributed by atoms with Gasteiger partial charge in [-0.1, -0.05) is 24.3 Å². The normalized spacial score (nSPS) is 11.7. The molecular weight excluding hydrogens is 476 g/mol. The van der Waals surface area contributed by atoms with Gasteiger partial charge in [0.05, 0.1) is 31.0 Å². The smallest absolute Gasteiger partial charge is 0.339 e. The molecular formula is C28H24N2O7. The highest BCUT2D eigenvalue weighted by atomic mass is 16.7. The van der Waals surface area contributed by atoms with Crippen LogP contribution in [0.15, 0.2) is 66.7 Å². The molecule has 0 bridgehead atoms. The molecule has 188 valence electrons. The molecule has 0 aliphatic carbocycles. The van der Waals surface area contributed by atoms with Gasteiger partial charge >= 0.3 is 5.97 Å². The van der Waals surface area contributed by atoms with Crippen LogP contribution in [0.1, 0.15) is 15.9 Å². The Kier molecular flexibility index (Phi) is 6.76. The molecule has 4 aromatic rings. The number of hydrogen-bond acceptors (Lipinski definition) is 8. The molecule has 0 spiro atoms. The summed E-state index contributed by atoms with van der Waals surface area (Å²) in [5, 5.41) is 3.37. The largest absolute Gasteiger partial charge is 0.493 e. The number of methoxy groups -OCH3 is 2. The third-order valence-corrected chi connectivity index (χ3v) is 5.88. The van der Waals surface area contributed by atoms with E-state index in [2.05, 4.69) is 5.32 Å². The van der Waals surface area contributed by atoms with Crippen molar-refractivity contribution in [3.63, 3.8) is 0 Å². The van der Waals surface area contributed by atoms with Gasteiger partial charge in [0.15, 0.2) is 29.6 Å². The maximum atomic E-state index is 13.1. The lowest BCUT2D eigenvalue weighted by Crippen LogP contribution is -2.28. The van der Waals surface area contributed by atoms with E-state index in [1.165, 1.54) is 0 Å². The number of carbonyl (C=O) groups excluding carboxylic acids is 2. The number of nitrogens with zero attached hydrogens (tertiary/aromatic N) is 1. The van der Waals surface area contributed by atoms with Gasteiger partial charge in [0.1, 0.15) is 0 Å². The number of ether oxygens (including phenoxy) is 5. The van der Waals surface area contributed by atoms with E-state index in [0.717, 1.165) is 11.1 Å². The van der Waals surface area contributed by atoms with E-state index in [1.807, 2.05) is 30.3 Å². The first-order valence-electron chi connectivity index (χ1n) is 11.5. The van der Waals surface area contributed by atoms with Crippen molar-refractivity contribution in [2.45, 2.75) is 6.54 Å². The van der Waals surface area contributed by atoms with E-state index in [4.69, 9.17) is 28.7 Å². The lowest BCUT2D eigenvalue weighted by atomic mass is 10.0. The summed E-state index contributed by atoms with van der Waals surface area (Å²) < 4.78 is 26.7. The molecule has 9 heteroatoms. The first kappa shape index (κ1) is 23.9. The molecule has 9 nitrogen and oxygen atoms in total. The van der Waals surface area contributed by atoms with Gasteiger partial charge in [0.2, 0.25) is 6.79 Å². The van der Waals surface area contributed by atoms with Crippen molar-refractivity contribution in [2.75, 3.05) is 27.6 Å². The fourth-order valence-corrected chi connectivity index (χ4v) is 4.00. The quantitative estimate of drug-likeness (QED) is 0.360. The van der Waals surface area contributed by atoms with Crippen molar-refractivity contribution in [1.29, 1.82) is 0 Å². The van der Waals surface area contributed by atoms with Gasteiger partial charge in [0.25, 0.3) is 5.91 Å². The Morgan fingerprint density at radius 1 is 0.919 bits per heavy atom. The lowest BCUT2D eigenvalue weighted by molar-refractivity contribution is -0.124. The molecule has 2 heterocycles. The van der Waals surface area contributed by atoms with Crippen molar-refractivity contribution >= 4 is 22.8 Å². The number of hydrogen-bond donors (Lipinski definition) is 1. The molecule has 1 amide bonds. The number of rotatable bonds is 8. The van der Waals surface area contributed by atoms with Crippen LogP contribution in [0, 0.1) is 0 Å². The van der Waals surface area contributed by atoms with Gasteiger partial charge in [0, 0.05) is 17.5 Å². The van der Waals surface area contributed by atoms with Crippen LogP contribution >= 0.6 is 0 Å². The molecule has 0 saturated heterocycles. The summed E-state index contributed by atoms with van der Waals surface area (Å²) >= 11 is 0. The van der Waals surface area contributed by atoms with Gasteiger partial charge in [-0.05, 0) is 48.0 Å². The molecule has 3 aromatic carbocycles. The molecule has 37 heavy (non-hydrogen) atoms. The van der Waals surface area contributed by atoms with Gasteiger partial charge < -0.3 is 29.0 Å². The van der Waals surface area contributed by atoms with Crippen molar-refractivity contribution in [3.8, 4) is 34.3 Å². The maximum Gasteiger partial charge on any atom is 0.339 e. The maximum absolute atomic E-state index is 13.1. The molecule has 5 rings (SSSR count). The predicted octanol–water partition coefficient (Wildman–Crippen LogP) is 4.12. The Balaban J connectivity index is 1.31. The summed E-state index contributed by atoms with van der Waals surface area (Å²) in [7, 11) is 3.11. The van der Waals surface area contributed by atoms with E-state index in [-0.39, 0.29) is 13.3 Å². The minimum atomic E-state index is -0.626. The van der Waals surface area contributed by atoms with E-state index in [0.29, 0.717) is 45.2 Å². The molecule has 0 unspecified atom stereocenters. The fourth-order valence-electron chi connectivity index (χ4n) is 4.00. The van der Waals surface area contributed by atoms with E-state index in [1.54, 1.807) is 50.6 Å². The number of benzene rings is 3. The summed E-state index contributed by atoms with van der Waals surface area (Å²) in [4.78, 5) is 30.2. The number of fused-ring (bicyclic) bond motifs is 2. The average Bonchev–Trinajstić information content (AvgIpc) is 3.41. The Hall–Kier alpha value is -4.79. The Morgan fingerprint density at radius 2 is 1.73 bits per heavy atom. The topological polar surface area (TPSA) is 105 Å². The van der Waals surface area contributed by atoms with Gasteiger partial charge in [-0.25, -0.2) is 9.78 Å². The summed E-state index contributed by atoms with van der Waals surface area (Å²) in [5.74, 6) is 1.37. The highest BCUT2D eigenvalue weighted by Gasteiger charge is 2.18. The highest BCUT2D eigenvalue weighted by molar-refractivity contribution is 6.05. The van der Waals surface area contributed by atoms with E-state index in [9.17, 15) is 9.59 Å². The van der Waals surface area contributed by atoms with Crippen LogP contribution in [0.5, 0.6) is 23.0 Å². The van der Waals surface area contributed by atoms with Crippen molar-refractivity contribution in [2.24, 2.45) is 0 Å².